The minimum Gasteiger partial charge on any atom is -0.480 e. The topological polar surface area (TPSA) is 378 Å². The summed E-state index contributed by atoms with van der Waals surface area (Å²) in [6, 6.07) is 44.1. The fourth-order valence-corrected chi connectivity index (χ4v) is 8.06. The van der Waals surface area contributed by atoms with Crippen LogP contribution in [0.3, 0.4) is 0 Å². The first-order valence-electron chi connectivity index (χ1n) is 31.9. The third kappa shape index (κ3) is 36.8. The number of nitrogens with zero attached hydrogens (tertiary/aromatic N) is 10. The second-order valence-electron chi connectivity index (χ2n) is 22.9. The highest BCUT2D eigenvalue weighted by Crippen LogP contribution is 2.14. The molecule has 102 heavy (non-hydrogen) atoms. The van der Waals surface area contributed by atoms with E-state index in [1.807, 2.05) is 166 Å². The smallest absolute Gasteiger partial charge is 0.408 e. The third-order valence-corrected chi connectivity index (χ3v) is 12.5. The number of terminal acetylenes is 1. The second-order valence-corrected chi connectivity index (χ2v) is 22.9. The van der Waals surface area contributed by atoms with E-state index in [1.54, 1.807) is 63.3 Å². The van der Waals surface area contributed by atoms with Crippen LogP contribution in [0.25, 0.3) is 0 Å². The minimum absolute atomic E-state index is 0.0346. The van der Waals surface area contributed by atoms with Gasteiger partial charge in [0.05, 0.1) is 50.6 Å². The van der Waals surface area contributed by atoms with Crippen LogP contribution >= 0.6 is 0 Å². The maximum atomic E-state index is 12.8. The maximum Gasteiger partial charge on any atom is 0.408 e. The van der Waals surface area contributed by atoms with E-state index in [1.165, 1.54) is 20.4 Å². The van der Waals surface area contributed by atoms with Gasteiger partial charge < -0.3 is 54.3 Å². The lowest BCUT2D eigenvalue weighted by molar-refractivity contribution is -0.188. The first kappa shape index (κ1) is 84.5. The number of aliphatic hydroxyl groups excluding tert-OH is 1. The first-order chi connectivity index (χ1) is 49.1. The van der Waals surface area contributed by atoms with Crippen molar-refractivity contribution in [3.8, 4) is 12.3 Å². The van der Waals surface area contributed by atoms with E-state index in [0.717, 1.165) is 47.7 Å². The van der Waals surface area contributed by atoms with Crippen LogP contribution in [0, 0.1) is 12.3 Å². The summed E-state index contributed by atoms with van der Waals surface area (Å²) in [6.45, 7) is 16.0. The van der Waals surface area contributed by atoms with E-state index in [0.29, 0.717) is 30.2 Å². The molecule has 546 valence electrons. The number of carbonyl (C=O) groups excluding carboxylic acids is 5. The lowest BCUT2D eigenvalue weighted by Gasteiger charge is -2.22. The largest absolute Gasteiger partial charge is 0.480 e. The van der Waals surface area contributed by atoms with E-state index in [9.17, 15) is 28.8 Å². The first-order valence-corrected chi connectivity index (χ1v) is 31.9. The van der Waals surface area contributed by atoms with Crippen LogP contribution < -0.4 is 10.6 Å². The number of aromatic nitrogens is 9. The van der Waals surface area contributed by atoms with Gasteiger partial charge in [-0.1, -0.05) is 176 Å². The van der Waals surface area contributed by atoms with Crippen molar-refractivity contribution in [2.24, 2.45) is 9.98 Å². The van der Waals surface area contributed by atoms with Crippen molar-refractivity contribution in [1.82, 2.24) is 56.0 Å². The number of amides is 2. The Kier molecular flexibility index (Phi) is 39.9. The number of hydrogen-bond acceptors (Lipinski definition) is 24. The maximum absolute atomic E-state index is 12.8. The zero-order valence-corrected chi connectivity index (χ0v) is 59.1. The van der Waals surface area contributed by atoms with Crippen molar-refractivity contribution in [1.29, 1.82) is 0 Å². The molecule has 3 aromatic heterocycles. The number of aromatic amines is 1. The normalized spacial score (nSPS) is 11.8. The van der Waals surface area contributed by atoms with Crippen LogP contribution in [-0.2, 0) is 115 Å². The van der Waals surface area contributed by atoms with Crippen molar-refractivity contribution in [3.63, 3.8) is 0 Å². The fraction of sp³-hybridized carbons (Fsp3) is 0.361. The van der Waals surface area contributed by atoms with Crippen LogP contribution in [0.15, 0.2) is 180 Å². The molecule has 5 aromatic carbocycles. The Labute approximate surface area is 593 Å². The molecule has 0 radical (unpaired) electrons. The molecule has 5 N–H and O–H groups in total. The molecular weight excluding hydrogens is 1320 g/mol. The van der Waals surface area contributed by atoms with Gasteiger partial charge in [0.25, 0.3) is 0 Å². The van der Waals surface area contributed by atoms with Crippen molar-refractivity contribution < 1.29 is 82.2 Å². The summed E-state index contributed by atoms with van der Waals surface area (Å²) in [5, 5.41) is 47.0. The van der Waals surface area contributed by atoms with Gasteiger partial charge in [-0.05, 0) is 69.4 Å². The molecule has 3 heterocycles. The number of aliphatic hydroxyl groups is 1. The van der Waals surface area contributed by atoms with Crippen LogP contribution in [0.1, 0.15) is 107 Å². The Morgan fingerprint density at radius 1 is 0.539 bits per heavy atom. The number of carbonyl (C=O) groups is 6. The predicted molar refractivity (Wildman–Crippen MR) is 375 cm³/mol. The van der Waals surface area contributed by atoms with Crippen LogP contribution in [0.2, 0.25) is 0 Å². The molecule has 0 unspecified atom stereocenters. The molecule has 0 saturated heterocycles. The number of hydrogen-bond donors (Lipinski definition) is 5. The van der Waals surface area contributed by atoms with Crippen LogP contribution in [0.5, 0.6) is 0 Å². The highest BCUT2D eigenvalue weighted by molar-refractivity contribution is 5.82. The SMILES string of the molecule is C#CC[C@H](NC(=O)OC(C)(C)C)C(=O)OCc1ccccc1.CC.CC(C)(C)OC(=O)N[C@@H](Cc1cn(Cc2ccccc2)nn1)C(=O)OCc1ccccc1.CO.COOC=N[C@@H](Cc1cn(Cc2ccccc2)nn1)C(=O)OCc1ccccc1.COOC=N[C@@H](Cc1cn[nH]n1)C(=O)O. The van der Waals surface area contributed by atoms with Crippen molar-refractivity contribution in [2.45, 2.75) is 149 Å². The van der Waals surface area contributed by atoms with Crippen LogP contribution in [-0.4, -0.2) is 161 Å². The molecular formula is C72H91N13O17. The Morgan fingerprint density at radius 3 is 1.27 bits per heavy atom. The Hall–Kier alpha value is -11.7. The fourth-order valence-electron chi connectivity index (χ4n) is 8.06. The number of alkyl carbamates (subject to hydrolysis) is 2. The van der Waals surface area contributed by atoms with Gasteiger partial charge in [0, 0.05) is 45.2 Å². The van der Waals surface area contributed by atoms with Gasteiger partial charge in [-0.2, -0.15) is 25.2 Å². The van der Waals surface area contributed by atoms with Gasteiger partial charge in [-0.25, -0.2) is 48.1 Å². The summed E-state index contributed by atoms with van der Waals surface area (Å²) < 4.78 is 29.8. The van der Waals surface area contributed by atoms with Gasteiger partial charge in [-0.15, -0.1) is 22.5 Å². The number of H-pyrrole nitrogens is 1. The number of aliphatic carboxylic acids is 1. The number of carboxylic acids is 1. The van der Waals surface area contributed by atoms with Gasteiger partial charge >= 0.3 is 36.1 Å². The van der Waals surface area contributed by atoms with Crippen molar-refractivity contribution in [3.05, 3.63) is 215 Å². The van der Waals surface area contributed by atoms with E-state index >= 15 is 0 Å². The molecule has 0 aliphatic carbocycles. The van der Waals surface area contributed by atoms with Crippen molar-refractivity contribution in [2.75, 3.05) is 21.3 Å². The summed E-state index contributed by atoms with van der Waals surface area (Å²) in [6.07, 6.45) is 11.3. The summed E-state index contributed by atoms with van der Waals surface area (Å²) in [5.41, 5.74) is 5.13. The van der Waals surface area contributed by atoms with E-state index in [4.69, 9.17) is 40.3 Å². The van der Waals surface area contributed by atoms with Crippen LogP contribution in [0.4, 0.5) is 9.59 Å². The molecule has 30 nitrogen and oxygen atoms in total. The van der Waals surface area contributed by atoms with Gasteiger partial charge in [0.15, 0.2) is 12.1 Å². The summed E-state index contributed by atoms with van der Waals surface area (Å²) in [5.74, 6) is -0.377. The molecule has 30 heteroatoms. The molecule has 8 rings (SSSR count). The highest BCUT2D eigenvalue weighted by atomic mass is 17.2. The third-order valence-electron chi connectivity index (χ3n) is 12.5. The molecule has 8 aromatic rings. The van der Waals surface area contributed by atoms with Crippen molar-refractivity contribution >= 4 is 48.9 Å². The summed E-state index contributed by atoms with van der Waals surface area (Å²) in [7, 11) is 3.64. The molecule has 4 atom stereocenters. The Balaban J connectivity index is 0.000000358. The average Bonchev–Trinajstić information content (AvgIpc) is 1.49. The number of benzene rings is 5. The highest BCUT2D eigenvalue weighted by Gasteiger charge is 2.29. The zero-order chi connectivity index (χ0) is 75.0. The Bertz CT molecular complexity index is 3730. The standard InChI is InChI=1S/C24H28N4O4.C21H22N4O4.C17H21NO4.C7H10N4O4.C2H6.CH4O/c1-24(2,3)32-23(30)25-21(22(29)31-17-19-12-8-5-9-13-19)14-20-16-28(27-26-20)15-18-10-6-4-7-11-18;1-27-29-16-22-20(21(26)28-15-18-10-6-3-7-11-18)12-19-14-25(24-23-19)13-17-8-4-2-5-9-17;1-5-9-14(18-16(20)22-17(2,3)4)15(19)21-12-13-10-7-6-8-11-13;1-14-15-4-8-6(7(12)13)2-5-3-9-11-10-5;2*1-2/h4-13,16,21H,14-15,17H2,1-3H3,(H,25,30);2-11,14,16,20H,12-13,15H2,1H3;1,6-8,10-11,14H,9,12H2,2-4H3,(H,18,20);3-4,6H,2H2,1H3,(H,12,13)(H,9,10,11);1-2H3;2H,1H3/t21-;20-;14-;6-;;/m0000../s1. The molecule has 0 fully saturated rings. The number of aliphatic imine (C=N–C) groups is 2. The molecule has 2 amide bonds. The lowest BCUT2D eigenvalue weighted by Crippen LogP contribution is -2.45. The number of carboxylic acid groups (broad SMARTS) is 1. The molecule has 0 aliphatic rings. The zero-order valence-electron chi connectivity index (χ0n) is 59.1. The van der Waals surface area contributed by atoms with Gasteiger partial charge in [-0.3, -0.25) is 0 Å². The van der Waals surface area contributed by atoms with E-state index < -0.39 is 71.4 Å². The lowest BCUT2D eigenvalue weighted by atomic mass is 10.1. The van der Waals surface area contributed by atoms with E-state index in [-0.39, 0.29) is 45.5 Å². The molecule has 0 saturated carbocycles. The average molecular weight is 1410 g/mol. The number of rotatable bonds is 29. The number of esters is 3. The van der Waals surface area contributed by atoms with Gasteiger partial charge in [0.1, 0.15) is 43.1 Å². The molecule has 0 aliphatic heterocycles. The summed E-state index contributed by atoms with van der Waals surface area (Å²) in [4.78, 5) is 97.5. The molecule has 0 spiro atoms. The second kappa shape index (κ2) is 48.1. The Morgan fingerprint density at radius 2 is 0.902 bits per heavy atom. The number of nitrogens with one attached hydrogen (secondary N) is 3. The molecule has 0 bridgehead atoms. The quantitative estimate of drug-likeness (QED) is 0.00556. The predicted octanol–water partition coefficient (Wildman–Crippen LogP) is 8.78. The van der Waals surface area contributed by atoms with E-state index in [2.05, 4.69) is 82.1 Å². The minimum atomic E-state index is -1.08. The summed E-state index contributed by atoms with van der Waals surface area (Å²) >= 11 is 0. The monoisotopic (exact) mass is 1410 g/mol. The van der Waals surface area contributed by atoms with Gasteiger partial charge in [0.2, 0.25) is 12.8 Å². The number of ether oxygens (including phenoxy) is 5.